The Bertz CT molecular complexity index is 1260. The lowest BCUT2D eigenvalue weighted by atomic mass is 9.99. The van der Waals surface area contributed by atoms with Crippen LogP contribution in [0.2, 0.25) is 0 Å². The van der Waals surface area contributed by atoms with E-state index in [1.165, 1.54) is 0 Å². The lowest BCUT2D eigenvalue weighted by molar-refractivity contribution is -0.120. The number of furan rings is 1. The normalized spacial score (nSPS) is 13.6. The lowest BCUT2D eigenvalue weighted by Gasteiger charge is -2.13. The van der Waals surface area contributed by atoms with E-state index in [1.807, 2.05) is 43.3 Å². The second kappa shape index (κ2) is 10.4. The molecule has 1 aliphatic rings. The van der Waals surface area contributed by atoms with Crippen molar-refractivity contribution in [3.63, 3.8) is 0 Å². The van der Waals surface area contributed by atoms with Crippen LogP contribution in [0.1, 0.15) is 35.8 Å². The maximum atomic E-state index is 12.9. The minimum Gasteiger partial charge on any atom is -0.497 e. The molecule has 182 valence electrons. The Morgan fingerprint density at radius 3 is 2.14 bits per heavy atom. The average Bonchev–Trinajstić information content (AvgIpc) is 3.49. The number of hydrogen-bond acceptors (Lipinski definition) is 6. The van der Waals surface area contributed by atoms with Gasteiger partial charge in [0, 0.05) is 6.07 Å². The summed E-state index contributed by atoms with van der Waals surface area (Å²) >= 11 is 0. The van der Waals surface area contributed by atoms with E-state index in [0.29, 0.717) is 35.3 Å². The maximum absolute atomic E-state index is 12.9. The Morgan fingerprint density at radius 2 is 1.57 bits per heavy atom. The third-order valence-electron chi connectivity index (χ3n) is 6.06. The summed E-state index contributed by atoms with van der Waals surface area (Å²) in [6, 6.07) is 13.2. The van der Waals surface area contributed by atoms with Crippen LogP contribution in [0.15, 0.2) is 58.7 Å². The highest BCUT2D eigenvalue weighted by Crippen LogP contribution is 2.47. The second-order valence-corrected chi connectivity index (χ2v) is 8.09. The molecule has 0 bridgehead atoms. The fourth-order valence-electron chi connectivity index (χ4n) is 4.23. The number of benzene rings is 2. The van der Waals surface area contributed by atoms with E-state index in [4.69, 9.17) is 23.4 Å². The Morgan fingerprint density at radius 1 is 0.914 bits per heavy atom. The van der Waals surface area contributed by atoms with Crippen molar-refractivity contribution < 1.29 is 28.2 Å². The van der Waals surface area contributed by atoms with Crippen molar-refractivity contribution in [3.8, 4) is 23.0 Å². The van der Waals surface area contributed by atoms with Gasteiger partial charge >= 0.3 is 0 Å². The molecule has 0 atom stereocenters. The summed E-state index contributed by atoms with van der Waals surface area (Å²) in [5.74, 6) is 3.23. The number of hydrogen-bond donors (Lipinski definition) is 1. The van der Waals surface area contributed by atoms with E-state index in [0.717, 1.165) is 33.4 Å². The van der Waals surface area contributed by atoms with Gasteiger partial charge < -0.3 is 28.7 Å². The number of amides is 1. The zero-order valence-corrected chi connectivity index (χ0v) is 20.6. The van der Waals surface area contributed by atoms with E-state index in [-0.39, 0.29) is 12.3 Å². The van der Waals surface area contributed by atoms with Crippen molar-refractivity contribution in [2.45, 2.75) is 19.9 Å². The highest BCUT2D eigenvalue weighted by atomic mass is 16.5. The van der Waals surface area contributed by atoms with Crippen molar-refractivity contribution in [1.29, 1.82) is 0 Å². The first-order valence-electron chi connectivity index (χ1n) is 11.2. The van der Waals surface area contributed by atoms with E-state index in [2.05, 4.69) is 11.4 Å². The quantitative estimate of drug-likeness (QED) is 0.450. The Hall–Kier alpha value is -4.13. The Balaban J connectivity index is 1.76. The van der Waals surface area contributed by atoms with Crippen molar-refractivity contribution >= 4 is 23.1 Å². The van der Waals surface area contributed by atoms with Crippen LogP contribution in [0.5, 0.6) is 23.0 Å². The van der Waals surface area contributed by atoms with E-state index in [1.54, 1.807) is 40.8 Å². The molecule has 1 amide bonds. The van der Waals surface area contributed by atoms with E-state index >= 15 is 0 Å². The van der Waals surface area contributed by atoms with Crippen molar-refractivity contribution in [1.82, 2.24) is 5.32 Å². The fourth-order valence-corrected chi connectivity index (χ4v) is 4.23. The zero-order valence-electron chi connectivity index (χ0n) is 20.6. The van der Waals surface area contributed by atoms with Crippen molar-refractivity contribution in [2.75, 3.05) is 28.4 Å². The molecule has 7 nitrogen and oxygen atoms in total. The predicted molar refractivity (Wildman–Crippen MR) is 135 cm³/mol. The molecule has 35 heavy (non-hydrogen) atoms. The first-order valence-corrected chi connectivity index (χ1v) is 11.2. The zero-order chi connectivity index (χ0) is 24.9. The summed E-state index contributed by atoms with van der Waals surface area (Å²) in [7, 11) is 6.46. The van der Waals surface area contributed by atoms with Crippen LogP contribution in [0.25, 0.3) is 17.2 Å². The topological polar surface area (TPSA) is 79.2 Å². The Kier molecular flexibility index (Phi) is 7.15. The van der Waals surface area contributed by atoms with Crippen LogP contribution in [-0.2, 0) is 11.3 Å². The molecule has 1 N–H and O–H groups in total. The third kappa shape index (κ3) is 5.04. The van der Waals surface area contributed by atoms with Gasteiger partial charge in [0.2, 0.25) is 5.91 Å². The summed E-state index contributed by atoms with van der Waals surface area (Å²) in [4.78, 5) is 12.9. The van der Waals surface area contributed by atoms with Crippen LogP contribution < -0.4 is 24.3 Å². The minimum atomic E-state index is -0.0965. The van der Waals surface area contributed by atoms with Crippen LogP contribution in [0, 0.1) is 0 Å². The minimum absolute atomic E-state index is 0.0965. The van der Waals surface area contributed by atoms with Gasteiger partial charge in [0.15, 0.2) is 11.5 Å². The summed E-state index contributed by atoms with van der Waals surface area (Å²) in [5, 5.41) is 2.93. The molecule has 0 fully saturated rings. The molecule has 1 aromatic heterocycles. The largest absolute Gasteiger partial charge is 0.497 e. The molecule has 0 unspecified atom stereocenters. The summed E-state index contributed by atoms with van der Waals surface area (Å²) in [6.07, 6.45) is 3.87. The molecular weight excluding hydrogens is 446 g/mol. The van der Waals surface area contributed by atoms with Gasteiger partial charge in [-0.3, -0.25) is 4.79 Å². The van der Waals surface area contributed by atoms with Crippen LogP contribution in [-0.4, -0.2) is 34.3 Å². The molecular formula is C28H29NO6. The SMILES string of the molecule is COc1cc(/C=C2/C(C)=C(CC(=O)NCc3ccco3)c3cc(OC)c(OC)cc32)cc(OC)c1. The highest BCUT2D eigenvalue weighted by molar-refractivity contribution is 6.08. The number of nitrogens with one attached hydrogen (secondary N) is 1. The number of carbonyl (C=O) groups excluding carboxylic acids is 1. The van der Waals surface area contributed by atoms with Gasteiger partial charge in [-0.15, -0.1) is 0 Å². The Labute approximate surface area is 204 Å². The molecule has 0 saturated heterocycles. The van der Waals surface area contributed by atoms with Gasteiger partial charge in [0.25, 0.3) is 0 Å². The van der Waals surface area contributed by atoms with Gasteiger partial charge in [-0.25, -0.2) is 0 Å². The number of rotatable bonds is 9. The van der Waals surface area contributed by atoms with Crippen LogP contribution in [0.4, 0.5) is 0 Å². The monoisotopic (exact) mass is 475 g/mol. The molecule has 2 aromatic carbocycles. The maximum Gasteiger partial charge on any atom is 0.224 e. The van der Waals surface area contributed by atoms with Crippen LogP contribution in [0.3, 0.4) is 0 Å². The van der Waals surface area contributed by atoms with Crippen molar-refractivity contribution in [3.05, 3.63) is 76.8 Å². The van der Waals surface area contributed by atoms with Gasteiger partial charge in [0.05, 0.1) is 47.7 Å². The number of ether oxygens (including phenoxy) is 4. The van der Waals surface area contributed by atoms with Gasteiger partial charge in [-0.2, -0.15) is 0 Å². The average molecular weight is 476 g/mol. The van der Waals surface area contributed by atoms with E-state index in [9.17, 15) is 4.79 Å². The number of fused-ring (bicyclic) bond motifs is 1. The predicted octanol–water partition coefficient (Wildman–Crippen LogP) is 5.35. The summed E-state index contributed by atoms with van der Waals surface area (Å²) < 4.78 is 27.3. The molecule has 7 heteroatoms. The number of allylic oxidation sites excluding steroid dienone is 2. The first kappa shape index (κ1) is 24.0. The molecule has 4 rings (SSSR count). The second-order valence-electron chi connectivity index (χ2n) is 8.09. The van der Waals surface area contributed by atoms with Gasteiger partial charge in [-0.1, -0.05) is 0 Å². The number of carbonyl (C=O) groups is 1. The molecule has 0 aliphatic heterocycles. The molecule has 0 saturated carbocycles. The van der Waals surface area contributed by atoms with E-state index < -0.39 is 0 Å². The highest BCUT2D eigenvalue weighted by Gasteiger charge is 2.27. The summed E-state index contributed by atoms with van der Waals surface area (Å²) in [6.45, 7) is 2.36. The molecule has 0 spiro atoms. The molecule has 1 heterocycles. The van der Waals surface area contributed by atoms with Crippen molar-refractivity contribution in [2.24, 2.45) is 0 Å². The standard InChI is InChI=1S/C28H29NO6/c1-17-22(11-18-9-20(31-2)12-21(10-18)32-3)24-13-26(33-4)27(34-5)14-25(24)23(17)15-28(30)29-16-19-7-6-8-35-19/h6-14H,15-16H2,1-5H3,(H,29,30)/b22-11-. The molecule has 1 aliphatic carbocycles. The third-order valence-corrected chi connectivity index (χ3v) is 6.06. The van der Waals surface area contributed by atoms with Crippen LogP contribution >= 0.6 is 0 Å². The fraction of sp³-hybridized carbons (Fsp3) is 0.250. The first-order chi connectivity index (χ1) is 17.0. The van der Waals surface area contributed by atoms with Gasteiger partial charge in [-0.05, 0) is 82.8 Å². The number of methoxy groups -OCH3 is 4. The summed E-state index contributed by atoms with van der Waals surface area (Å²) in [5.41, 5.74) is 5.75. The molecule has 3 aromatic rings. The lowest BCUT2D eigenvalue weighted by Crippen LogP contribution is -2.22. The smallest absolute Gasteiger partial charge is 0.224 e. The molecule has 0 radical (unpaired) electrons. The van der Waals surface area contributed by atoms with Gasteiger partial charge in [0.1, 0.15) is 17.3 Å².